The molecule has 6 heteroatoms. The van der Waals surface area contributed by atoms with Crippen LogP contribution in [-0.4, -0.2) is 8.42 Å². The third-order valence-corrected chi connectivity index (χ3v) is 4.40. The molecule has 0 amide bonds. The van der Waals surface area contributed by atoms with Crippen LogP contribution < -0.4 is 4.72 Å². The third-order valence-electron chi connectivity index (χ3n) is 2.63. The van der Waals surface area contributed by atoms with Crippen LogP contribution in [0.25, 0.3) is 0 Å². The van der Waals surface area contributed by atoms with Gasteiger partial charge in [-0.05, 0) is 30.7 Å². The van der Waals surface area contributed by atoms with Gasteiger partial charge in [0, 0.05) is 5.02 Å². The SMILES string of the molecule is CC(NS(=O)(=O)Cc1ccccc1Cl)c1ccco1. The largest absolute Gasteiger partial charge is 0.468 e. The van der Waals surface area contributed by atoms with E-state index in [1.54, 1.807) is 43.3 Å². The van der Waals surface area contributed by atoms with Crippen LogP contribution in [0.5, 0.6) is 0 Å². The van der Waals surface area contributed by atoms with Crippen LogP contribution in [0.3, 0.4) is 0 Å². The molecule has 0 aliphatic carbocycles. The summed E-state index contributed by atoms with van der Waals surface area (Å²) >= 11 is 5.96. The molecule has 1 unspecified atom stereocenters. The smallest absolute Gasteiger partial charge is 0.216 e. The van der Waals surface area contributed by atoms with Gasteiger partial charge in [0.15, 0.2) is 0 Å². The molecule has 19 heavy (non-hydrogen) atoms. The average Bonchev–Trinajstić information content (AvgIpc) is 2.85. The summed E-state index contributed by atoms with van der Waals surface area (Å²) < 4.78 is 31.8. The van der Waals surface area contributed by atoms with Crippen molar-refractivity contribution < 1.29 is 12.8 Å². The maximum Gasteiger partial charge on any atom is 0.216 e. The van der Waals surface area contributed by atoms with Crippen LogP contribution in [0.2, 0.25) is 5.02 Å². The number of hydrogen-bond acceptors (Lipinski definition) is 3. The number of rotatable bonds is 5. The molecule has 0 radical (unpaired) electrons. The summed E-state index contributed by atoms with van der Waals surface area (Å²) in [6, 6.07) is 9.91. The van der Waals surface area contributed by atoms with E-state index in [9.17, 15) is 8.42 Å². The summed E-state index contributed by atoms with van der Waals surface area (Å²) in [5.74, 6) is 0.417. The standard InChI is InChI=1S/C13H14ClNO3S/c1-10(13-7-4-8-18-13)15-19(16,17)9-11-5-2-3-6-12(11)14/h2-8,10,15H,9H2,1H3. The summed E-state index contributed by atoms with van der Waals surface area (Å²) in [6.07, 6.45) is 1.51. The molecule has 0 saturated carbocycles. The summed E-state index contributed by atoms with van der Waals surface area (Å²) in [6.45, 7) is 1.73. The van der Waals surface area contributed by atoms with E-state index >= 15 is 0 Å². The number of benzene rings is 1. The van der Waals surface area contributed by atoms with Crippen LogP contribution in [0.15, 0.2) is 47.1 Å². The highest BCUT2D eigenvalue weighted by Gasteiger charge is 2.19. The van der Waals surface area contributed by atoms with Crippen LogP contribution in [0, 0.1) is 0 Å². The Bertz CT molecular complexity index is 638. The minimum Gasteiger partial charge on any atom is -0.468 e. The molecule has 1 aromatic carbocycles. The van der Waals surface area contributed by atoms with Crippen molar-refractivity contribution in [1.29, 1.82) is 0 Å². The molecule has 0 aliphatic heterocycles. The second kappa shape index (κ2) is 5.77. The van der Waals surface area contributed by atoms with E-state index in [1.165, 1.54) is 6.26 Å². The lowest BCUT2D eigenvalue weighted by molar-refractivity contribution is 0.459. The molecule has 1 aromatic heterocycles. The topological polar surface area (TPSA) is 59.3 Å². The molecule has 2 aromatic rings. The van der Waals surface area contributed by atoms with E-state index in [-0.39, 0.29) is 5.75 Å². The average molecular weight is 300 g/mol. The quantitative estimate of drug-likeness (QED) is 0.923. The Morgan fingerprint density at radius 2 is 2.00 bits per heavy atom. The Morgan fingerprint density at radius 3 is 2.63 bits per heavy atom. The van der Waals surface area contributed by atoms with Crippen molar-refractivity contribution in [2.24, 2.45) is 0 Å². The molecule has 0 saturated heterocycles. The fourth-order valence-electron chi connectivity index (χ4n) is 1.73. The van der Waals surface area contributed by atoms with Crippen molar-refractivity contribution in [1.82, 2.24) is 4.72 Å². The van der Waals surface area contributed by atoms with Gasteiger partial charge in [-0.25, -0.2) is 13.1 Å². The van der Waals surface area contributed by atoms with E-state index in [1.807, 2.05) is 0 Å². The zero-order valence-electron chi connectivity index (χ0n) is 10.3. The van der Waals surface area contributed by atoms with Crippen LogP contribution >= 0.6 is 11.6 Å². The second-order valence-corrected chi connectivity index (χ2v) is 6.37. The van der Waals surface area contributed by atoms with Crippen molar-refractivity contribution in [3.05, 3.63) is 59.0 Å². The van der Waals surface area contributed by atoms with Gasteiger partial charge < -0.3 is 4.42 Å². The van der Waals surface area contributed by atoms with Crippen molar-refractivity contribution in [2.45, 2.75) is 18.7 Å². The first-order valence-corrected chi connectivity index (χ1v) is 7.78. The first-order valence-electron chi connectivity index (χ1n) is 5.75. The fraction of sp³-hybridized carbons (Fsp3) is 0.231. The van der Waals surface area contributed by atoms with Gasteiger partial charge in [-0.1, -0.05) is 29.8 Å². The molecular weight excluding hydrogens is 286 g/mol. The highest BCUT2D eigenvalue weighted by atomic mass is 35.5. The highest BCUT2D eigenvalue weighted by Crippen LogP contribution is 2.19. The maximum absolute atomic E-state index is 12.0. The molecule has 2 rings (SSSR count). The van der Waals surface area contributed by atoms with E-state index in [0.29, 0.717) is 16.3 Å². The molecule has 0 aliphatic rings. The molecule has 4 nitrogen and oxygen atoms in total. The lowest BCUT2D eigenvalue weighted by Crippen LogP contribution is -2.28. The fourth-order valence-corrected chi connectivity index (χ4v) is 3.41. The van der Waals surface area contributed by atoms with Gasteiger partial charge in [0.25, 0.3) is 0 Å². The van der Waals surface area contributed by atoms with Crippen molar-refractivity contribution in [2.75, 3.05) is 0 Å². The number of halogens is 1. The predicted octanol–water partition coefficient (Wildman–Crippen LogP) is 3.11. The molecule has 1 N–H and O–H groups in total. The summed E-state index contributed by atoms with van der Waals surface area (Å²) in [7, 11) is -3.48. The Kier molecular flexibility index (Phi) is 4.29. The minimum atomic E-state index is -3.48. The van der Waals surface area contributed by atoms with Gasteiger partial charge in [0.05, 0.1) is 18.1 Å². The van der Waals surface area contributed by atoms with Crippen molar-refractivity contribution in [3.63, 3.8) is 0 Å². The van der Waals surface area contributed by atoms with Gasteiger partial charge in [-0.15, -0.1) is 0 Å². The Hall–Kier alpha value is -1.30. The zero-order valence-corrected chi connectivity index (χ0v) is 11.9. The molecule has 0 spiro atoms. The molecule has 0 bridgehead atoms. The Labute approximate surface area is 117 Å². The van der Waals surface area contributed by atoms with Gasteiger partial charge in [0.1, 0.15) is 5.76 Å². The normalized spacial score (nSPS) is 13.4. The third kappa shape index (κ3) is 3.83. The van der Waals surface area contributed by atoms with Gasteiger partial charge in [0.2, 0.25) is 10.0 Å². The number of sulfonamides is 1. The molecule has 1 atom stereocenters. The zero-order chi connectivity index (χ0) is 13.9. The monoisotopic (exact) mass is 299 g/mol. The van der Waals surface area contributed by atoms with Gasteiger partial charge in [-0.3, -0.25) is 0 Å². The predicted molar refractivity (Wildman–Crippen MR) is 74.3 cm³/mol. The number of furan rings is 1. The van der Waals surface area contributed by atoms with Gasteiger partial charge in [-0.2, -0.15) is 0 Å². The summed E-state index contributed by atoms with van der Waals surface area (Å²) in [5.41, 5.74) is 0.573. The lowest BCUT2D eigenvalue weighted by Gasteiger charge is -2.12. The van der Waals surface area contributed by atoms with E-state index in [2.05, 4.69) is 4.72 Å². The van der Waals surface area contributed by atoms with E-state index < -0.39 is 16.1 Å². The second-order valence-electron chi connectivity index (χ2n) is 4.21. The highest BCUT2D eigenvalue weighted by molar-refractivity contribution is 7.88. The molecule has 0 fully saturated rings. The summed E-state index contributed by atoms with van der Waals surface area (Å²) in [5, 5.41) is 0.443. The first-order chi connectivity index (χ1) is 8.98. The Balaban J connectivity index is 2.09. The van der Waals surface area contributed by atoms with Crippen LogP contribution in [0.4, 0.5) is 0 Å². The number of hydrogen-bond donors (Lipinski definition) is 1. The van der Waals surface area contributed by atoms with E-state index in [0.717, 1.165) is 0 Å². The van der Waals surface area contributed by atoms with Gasteiger partial charge >= 0.3 is 0 Å². The van der Waals surface area contributed by atoms with Crippen LogP contribution in [0.1, 0.15) is 24.3 Å². The van der Waals surface area contributed by atoms with Crippen LogP contribution in [-0.2, 0) is 15.8 Å². The van der Waals surface area contributed by atoms with E-state index in [4.69, 9.17) is 16.0 Å². The Morgan fingerprint density at radius 1 is 1.26 bits per heavy atom. The van der Waals surface area contributed by atoms with Crippen molar-refractivity contribution in [3.8, 4) is 0 Å². The van der Waals surface area contributed by atoms with Crippen molar-refractivity contribution >= 4 is 21.6 Å². The first kappa shape index (κ1) is 14.1. The molecule has 1 heterocycles. The lowest BCUT2D eigenvalue weighted by atomic mass is 10.2. The number of nitrogens with one attached hydrogen (secondary N) is 1. The summed E-state index contributed by atoms with van der Waals surface area (Å²) in [4.78, 5) is 0. The maximum atomic E-state index is 12.0. The molecular formula is C13H14ClNO3S. The minimum absolute atomic E-state index is 0.155. The molecule has 102 valence electrons.